The lowest BCUT2D eigenvalue weighted by Crippen LogP contribution is -2.18. The van der Waals surface area contributed by atoms with E-state index < -0.39 is 0 Å². The Morgan fingerprint density at radius 3 is 2.71 bits per heavy atom. The molecule has 21 heavy (non-hydrogen) atoms. The van der Waals surface area contributed by atoms with E-state index in [9.17, 15) is 0 Å². The van der Waals surface area contributed by atoms with Gasteiger partial charge in [0.25, 0.3) is 0 Å². The minimum atomic E-state index is 0.128. The summed E-state index contributed by atoms with van der Waals surface area (Å²) in [6.07, 6.45) is 0.825. The van der Waals surface area contributed by atoms with Crippen molar-refractivity contribution in [3.8, 4) is 5.75 Å². The van der Waals surface area contributed by atoms with Crippen LogP contribution in [0.4, 0.5) is 0 Å². The van der Waals surface area contributed by atoms with Crippen molar-refractivity contribution in [3.63, 3.8) is 0 Å². The number of nitrogens with zero attached hydrogens (tertiary/aromatic N) is 1. The normalized spacial score (nSPS) is 12.7. The first-order chi connectivity index (χ1) is 9.95. The molecule has 0 aliphatic heterocycles. The summed E-state index contributed by atoms with van der Waals surface area (Å²) in [6, 6.07) is 6.14. The highest BCUT2D eigenvalue weighted by Gasteiger charge is 2.08. The molecular weight excluding hydrogens is 348 g/mol. The second-order valence-electron chi connectivity index (χ2n) is 5.56. The lowest BCUT2D eigenvalue weighted by molar-refractivity contribution is 0.301. The Morgan fingerprint density at radius 1 is 1.33 bits per heavy atom. The van der Waals surface area contributed by atoms with Crippen LogP contribution in [0.15, 0.2) is 28.1 Å². The maximum atomic E-state index is 5.87. The summed E-state index contributed by atoms with van der Waals surface area (Å²) in [4.78, 5) is 4.58. The van der Waals surface area contributed by atoms with Crippen molar-refractivity contribution in [2.75, 3.05) is 0 Å². The number of halogens is 1. The molecule has 0 fully saturated rings. The molecule has 0 aliphatic carbocycles. The molecule has 0 amide bonds. The van der Waals surface area contributed by atoms with Crippen molar-refractivity contribution >= 4 is 27.3 Å². The van der Waals surface area contributed by atoms with E-state index in [-0.39, 0.29) is 6.04 Å². The van der Waals surface area contributed by atoms with Crippen LogP contribution in [0.3, 0.4) is 0 Å². The van der Waals surface area contributed by atoms with Crippen LogP contribution in [0.2, 0.25) is 0 Å². The summed E-state index contributed by atoms with van der Waals surface area (Å²) in [5.74, 6) is 1.32. The van der Waals surface area contributed by atoms with Gasteiger partial charge in [-0.2, -0.15) is 0 Å². The van der Waals surface area contributed by atoms with E-state index in [0.717, 1.165) is 27.3 Å². The summed E-state index contributed by atoms with van der Waals surface area (Å²) in [5.41, 5.74) is 8.03. The highest BCUT2D eigenvalue weighted by molar-refractivity contribution is 9.10. The fourth-order valence-corrected chi connectivity index (χ4v) is 3.18. The predicted octanol–water partition coefficient (Wildman–Crippen LogP) is 4.50. The Hall–Kier alpha value is -0.910. The second-order valence-corrected chi connectivity index (χ2v) is 7.30. The predicted molar refractivity (Wildman–Crippen MR) is 92.0 cm³/mol. The third-order valence-electron chi connectivity index (χ3n) is 3.01. The van der Waals surface area contributed by atoms with Crippen molar-refractivity contribution < 1.29 is 4.74 Å². The molecule has 0 bridgehead atoms. The van der Waals surface area contributed by atoms with Crippen LogP contribution in [-0.4, -0.2) is 11.0 Å². The SMILES string of the molecule is CC(N)Cc1cc(OCc2csc(C(C)C)n2)ccc1Br. The molecule has 0 aliphatic rings. The van der Waals surface area contributed by atoms with Crippen molar-refractivity contribution in [2.24, 2.45) is 5.73 Å². The van der Waals surface area contributed by atoms with Crippen molar-refractivity contribution in [2.45, 2.75) is 45.8 Å². The lowest BCUT2D eigenvalue weighted by Gasteiger charge is -2.11. The molecule has 0 radical (unpaired) electrons. The summed E-state index contributed by atoms with van der Waals surface area (Å²) in [7, 11) is 0. The molecule has 1 heterocycles. The number of hydrogen-bond acceptors (Lipinski definition) is 4. The van der Waals surface area contributed by atoms with Crippen molar-refractivity contribution in [3.05, 3.63) is 44.3 Å². The van der Waals surface area contributed by atoms with E-state index in [1.807, 2.05) is 25.1 Å². The monoisotopic (exact) mass is 368 g/mol. The molecule has 2 rings (SSSR count). The van der Waals surface area contributed by atoms with Gasteiger partial charge in [0, 0.05) is 21.8 Å². The summed E-state index contributed by atoms with van der Waals surface area (Å²) >= 11 is 5.24. The van der Waals surface area contributed by atoms with Gasteiger partial charge in [-0.15, -0.1) is 11.3 Å². The molecular formula is C16H21BrN2OS. The Labute approximate surface area is 138 Å². The van der Waals surface area contributed by atoms with Gasteiger partial charge >= 0.3 is 0 Å². The summed E-state index contributed by atoms with van der Waals surface area (Å²) in [6.45, 7) is 6.81. The Morgan fingerprint density at radius 2 is 2.10 bits per heavy atom. The quantitative estimate of drug-likeness (QED) is 0.816. The van der Waals surface area contributed by atoms with Gasteiger partial charge in [0.1, 0.15) is 12.4 Å². The van der Waals surface area contributed by atoms with Crippen LogP contribution in [-0.2, 0) is 13.0 Å². The average molecular weight is 369 g/mol. The maximum absolute atomic E-state index is 5.87. The smallest absolute Gasteiger partial charge is 0.131 e. The zero-order chi connectivity index (χ0) is 15.4. The van der Waals surface area contributed by atoms with E-state index in [1.54, 1.807) is 11.3 Å². The number of nitrogens with two attached hydrogens (primary N) is 1. The standard InChI is InChI=1S/C16H21BrN2OS/c1-10(2)16-19-13(9-21-16)8-20-14-4-5-15(17)12(7-14)6-11(3)18/h4-5,7,9-11H,6,8,18H2,1-3H3. The molecule has 5 heteroatoms. The highest BCUT2D eigenvalue weighted by atomic mass is 79.9. The topological polar surface area (TPSA) is 48.1 Å². The first-order valence-corrected chi connectivity index (χ1v) is 8.74. The minimum Gasteiger partial charge on any atom is -0.487 e. The summed E-state index contributed by atoms with van der Waals surface area (Å²) in [5, 5.41) is 3.22. The molecule has 2 aromatic rings. The van der Waals surface area contributed by atoms with Gasteiger partial charge in [-0.1, -0.05) is 29.8 Å². The van der Waals surface area contributed by atoms with Crippen LogP contribution >= 0.6 is 27.3 Å². The van der Waals surface area contributed by atoms with Gasteiger partial charge in [0.05, 0.1) is 10.7 Å². The molecule has 1 unspecified atom stereocenters. The van der Waals surface area contributed by atoms with Crippen LogP contribution in [0.25, 0.3) is 0 Å². The third kappa shape index (κ3) is 4.80. The van der Waals surface area contributed by atoms with Gasteiger partial charge in [0.2, 0.25) is 0 Å². The van der Waals surface area contributed by atoms with Crippen molar-refractivity contribution in [1.82, 2.24) is 4.98 Å². The minimum absolute atomic E-state index is 0.128. The van der Waals surface area contributed by atoms with E-state index in [4.69, 9.17) is 10.5 Å². The number of thiazole rings is 1. The van der Waals surface area contributed by atoms with Gasteiger partial charge in [-0.25, -0.2) is 4.98 Å². The first kappa shape index (κ1) is 16.5. The molecule has 0 saturated carbocycles. The maximum Gasteiger partial charge on any atom is 0.131 e. The Balaban J connectivity index is 2.02. The number of hydrogen-bond donors (Lipinski definition) is 1. The van der Waals surface area contributed by atoms with Crippen molar-refractivity contribution in [1.29, 1.82) is 0 Å². The zero-order valence-electron chi connectivity index (χ0n) is 12.6. The molecule has 0 saturated heterocycles. The molecule has 3 nitrogen and oxygen atoms in total. The molecule has 1 atom stereocenters. The largest absolute Gasteiger partial charge is 0.487 e. The fraction of sp³-hybridized carbons (Fsp3) is 0.438. The van der Waals surface area contributed by atoms with E-state index >= 15 is 0 Å². The third-order valence-corrected chi connectivity index (χ3v) is 4.98. The van der Waals surface area contributed by atoms with Gasteiger partial charge in [-0.05, 0) is 37.1 Å². The van der Waals surface area contributed by atoms with Gasteiger partial charge in [-0.3, -0.25) is 0 Å². The Kier molecular flexibility index (Phi) is 5.79. The number of rotatable bonds is 6. The number of aromatic nitrogens is 1. The lowest BCUT2D eigenvalue weighted by atomic mass is 10.1. The Bertz CT molecular complexity index is 596. The highest BCUT2D eigenvalue weighted by Crippen LogP contribution is 2.25. The van der Waals surface area contributed by atoms with Gasteiger partial charge in [0.15, 0.2) is 0 Å². The van der Waals surface area contributed by atoms with Crippen LogP contribution in [0.5, 0.6) is 5.75 Å². The van der Waals surface area contributed by atoms with E-state index in [1.165, 1.54) is 5.56 Å². The first-order valence-electron chi connectivity index (χ1n) is 7.06. The van der Waals surface area contributed by atoms with E-state index in [0.29, 0.717) is 12.5 Å². The second kappa shape index (κ2) is 7.38. The van der Waals surface area contributed by atoms with Crippen LogP contribution in [0.1, 0.15) is 43.0 Å². The number of benzene rings is 1. The molecule has 1 aromatic heterocycles. The van der Waals surface area contributed by atoms with Crippen LogP contribution < -0.4 is 10.5 Å². The van der Waals surface area contributed by atoms with Crippen LogP contribution in [0, 0.1) is 0 Å². The molecule has 2 N–H and O–H groups in total. The number of ether oxygens (including phenoxy) is 1. The zero-order valence-corrected chi connectivity index (χ0v) is 15.0. The molecule has 0 spiro atoms. The summed E-state index contributed by atoms with van der Waals surface area (Å²) < 4.78 is 6.92. The van der Waals surface area contributed by atoms with Gasteiger partial charge < -0.3 is 10.5 Å². The molecule has 114 valence electrons. The average Bonchev–Trinajstić information content (AvgIpc) is 2.88. The molecule has 1 aromatic carbocycles. The fourth-order valence-electron chi connectivity index (χ4n) is 1.96. The van der Waals surface area contributed by atoms with E-state index in [2.05, 4.69) is 40.1 Å².